The van der Waals surface area contributed by atoms with Crippen LogP contribution in [0.3, 0.4) is 0 Å². The zero-order chi connectivity index (χ0) is 19.5. The van der Waals surface area contributed by atoms with Crippen molar-refractivity contribution in [1.82, 2.24) is 5.32 Å². The van der Waals surface area contributed by atoms with Gasteiger partial charge in [0.15, 0.2) is 0 Å². The number of carbonyl (C=O) groups excluding carboxylic acids is 3. The van der Waals surface area contributed by atoms with Gasteiger partial charge in [0.1, 0.15) is 5.75 Å². The summed E-state index contributed by atoms with van der Waals surface area (Å²) in [5.41, 5.74) is 0. The summed E-state index contributed by atoms with van der Waals surface area (Å²) in [7, 11) is 0. The zero-order valence-electron chi connectivity index (χ0n) is 16.1. The van der Waals surface area contributed by atoms with E-state index in [1.807, 2.05) is 0 Å². The van der Waals surface area contributed by atoms with E-state index in [-0.39, 0.29) is 54.9 Å². The molecule has 0 bridgehead atoms. The van der Waals surface area contributed by atoms with E-state index in [1.54, 1.807) is 45.0 Å². The molecule has 1 amide bonds. The third-order valence-corrected chi connectivity index (χ3v) is 3.43. The third-order valence-electron chi connectivity index (χ3n) is 3.18. The monoisotopic (exact) mass is 408 g/mol. The second kappa shape index (κ2) is 13.8. The summed E-state index contributed by atoms with van der Waals surface area (Å²) in [4.78, 5) is 34.8. The number of nitrogens with one attached hydrogen (secondary N) is 1. The average Bonchev–Trinajstić information content (AvgIpc) is 2.60. The first-order valence-corrected chi connectivity index (χ1v) is 8.79. The molecule has 144 valence electrons. The van der Waals surface area contributed by atoms with Crippen LogP contribution in [0.1, 0.15) is 40.0 Å². The Labute approximate surface area is 186 Å². The van der Waals surface area contributed by atoms with E-state index in [2.05, 4.69) is 5.32 Å². The van der Waals surface area contributed by atoms with Crippen LogP contribution in [-0.4, -0.2) is 30.9 Å². The number of carbonyl (C=O) groups is 3. The van der Waals surface area contributed by atoms with Crippen LogP contribution in [0.5, 0.6) is 5.75 Å². The van der Waals surface area contributed by atoms with Gasteiger partial charge in [-0.05, 0) is 30.7 Å². The molecule has 1 N–H and O–H groups in total. The quantitative estimate of drug-likeness (QED) is 0.212. The second-order valence-corrected chi connectivity index (χ2v) is 6.26. The van der Waals surface area contributed by atoms with E-state index < -0.39 is 24.3 Å². The zero-order valence-corrected chi connectivity index (χ0v) is 18.9. The summed E-state index contributed by atoms with van der Waals surface area (Å²) in [5.74, 6) is -0.629. The standard InChI is InChI=1S/C18H24ClNO6.Na/c1-4-15(21)25-17(12(2)3)26-18(23)20-11-5-6-16(22)24-14-9-7-13(19)8-10-14;/h7-10,12,17H,4-6,11H2,1-3H3,(H,20,23);/q;+1. The molecule has 1 aromatic rings. The van der Waals surface area contributed by atoms with Gasteiger partial charge in [-0.3, -0.25) is 9.59 Å². The van der Waals surface area contributed by atoms with Crippen molar-refractivity contribution in [2.45, 2.75) is 46.3 Å². The third kappa shape index (κ3) is 11.2. The van der Waals surface area contributed by atoms with Gasteiger partial charge in [-0.25, -0.2) is 4.79 Å². The predicted molar refractivity (Wildman–Crippen MR) is 95.8 cm³/mol. The predicted octanol–water partition coefficient (Wildman–Crippen LogP) is 0.691. The number of benzene rings is 1. The van der Waals surface area contributed by atoms with Crippen molar-refractivity contribution in [3.63, 3.8) is 0 Å². The molecule has 0 aromatic heterocycles. The summed E-state index contributed by atoms with van der Waals surface area (Å²) in [6.45, 7) is 5.42. The molecule has 0 aliphatic carbocycles. The van der Waals surface area contributed by atoms with Gasteiger partial charge in [0.05, 0.1) is 0 Å². The Bertz CT molecular complexity index is 608. The van der Waals surface area contributed by atoms with Crippen LogP contribution < -0.4 is 39.6 Å². The molecule has 1 unspecified atom stereocenters. The molecule has 0 saturated heterocycles. The van der Waals surface area contributed by atoms with Gasteiger partial charge in [0, 0.05) is 30.3 Å². The fourth-order valence-corrected chi connectivity index (χ4v) is 1.89. The number of rotatable bonds is 9. The summed E-state index contributed by atoms with van der Waals surface area (Å²) >= 11 is 5.75. The Balaban J connectivity index is 0.00000676. The van der Waals surface area contributed by atoms with Crippen molar-refractivity contribution in [3.8, 4) is 5.75 Å². The maximum absolute atomic E-state index is 11.7. The smallest absolute Gasteiger partial charge is 0.427 e. The molecular weight excluding hydrogens is 385 g/mol. The second-order valence-electron chi connectivity index (χ2n) is 5.82. The fraction of sp³-hybridized carbons (Fsp3) is 0.500. The van der Waals surface area contributed by atoms with Gasteiger partial charge in [0.25, 0.3) is 6.29 Å². The van der Waals surface area contributed by atoms with Crippen LogP contribution >= 0.6 is 11.6 Å². The molecule has 9 heteroatoms. The summed E-state index contributed by atoms with van der Waals surface area (Å²) < 4.78 is 15.3. The van der Waals surface area contributed by atoms with Crippen LogP contribution in [0.2, 0.25) is 5.02 Å². The summed E-state index contributed by atoms with van der Waals surface area (Å²) in [5, 5.41) is 3.06. The topological polar surface area (TPSA) is 90.9 Å². The Morgan fingerprint density at radius 1 is 1.07 bits per heavy atom. The molecule has 1 rings (SSSR count). The first kappa shape index (κ1) is 25.7. The molecular formula is C18H24ClNNaO6+. The van der Waals surface area contributed by atoms with Gasteiger partial charge in [0.2, 0.25) is 0 Å². The molecule has 0 aliphatic heterocycles. The van der Waals surface area contributed by atoms with E-state index in [0.29, 0.717) is 17.2 Å². The van der Waals surface area contributed by atoms with E-state index in [0.717, 1.165) is 0 Å². The maximum atomic E-state index is 11.7. The van der Waals surface area contributed by atoms with E-state index in [9.17, 15) is 14.4 Å². The number of esters is 2. The van der Waals surface area contributed by atoms with Crippen molar-refractivity contribution in [2.24, 2.45) is 5.92 Å². The number of halogens is 1. The normalized spacial score (nSPS) is 11.1. The van der Waals surface area contributed by atoms with Crippen LogP contribution in [-0.2, 0) is 19.1 Å². The first-order chi connectivity index (χ1) is 12.3. The molecule has 0 spiro atoms. The number of amides is 1. The molecule has 1 aromatic carbocycles. The SMILES string of the molecule is CCC(=O)OC(OC(=O)NCCCC(=O)Oc1ccc(Cl)cc1)C(C)C.[Na+]. The van der Waals surface area contributed by atoms with Crippen molar-refractivity contribution < 1.29 is 58.2 Å². The van der Waals surface area contributed by atoms with Crippen molar-refractivity contribution in [2.75, 3.05) is 6.54 Å². The van der Waals surface area contributed by atoms with Gasteiger partial charge < -0.3 is 19.5 Å². The average molecular weight is 409 g/mol. The number of ether oxygens (including phenoxy) is 3. The Morgan fingerprint density at radius 2 is 1.70 bits per heavy atom. The van der Waals surface area contributed by atoms with E-state index in [1.165, 1.54) is 0 Å². The van der Waals surface area contributed by atoms with Crippen molar-refractivity contribution in [3.05, 3.63) is 29.3 Å². The molecule has 0 radical (unpaired) electrons. The minimum absolute atomic E-state index is 0. The molecule has 0 aliphatic rings. The Kier molecular flexibility index (Phi) is 13.2. The molecule has 0 heterocycles. The Morgan fingerprint density at radius 3 is 2.26 bits per heavy atom. The van der Waals surface area contributed by atoms with E-state index in [4.69, 9.17) is 25.8 Å². The summed E-state index contributed by atoms with van der Waals surface area (Å²) in [6, 6.07) is 6.44. The molecule has 0 fully saturated rings. The number of alkyl carbamates (subject to hydrolysis) is 1. The molecule has 0 saturated carbocycles. The summed E-state index contributed by atoms with van der Waals surface area (Å²) in [6.07, 6.45) is -0.954. The minimum atomic E-state index is -0.947. The largest absolute Gasteiger partial charge is 1.00 e. The van der Waals surface area contributed by atoms with Gasteiger partial charge in [-0.1, -0.05) is 32.4 Å². The fourth-order valence-electron chi connectivity index (χ4n) is 1.76. The van der Waals surface area contributed by atoms with Crippen molar-refractivity contribution >= 4 is 29.6 Å². The van der Waals surface area contributed by atoms with Crippen LogP contribution in [0.4, 0.5) is 4.79 Å². The first-order valence-electron chi connectivity index (χ1n) is 8.42. The minimum Gasteiger partial charge on any atom is -0.427 e. The number of hydrogen-bond acceptors (Lipinski definition) is 6. The van der Waals surface area contributed by atoms with Gasteiger partial charge >= 0.3 is 47.6 Å². The van der Waals surface area contributed by atoms with E-state index >= 15 is 0 Å². The maximum Gasteiger partial charge on any atom is 1.00 e. The number of hydrogen-bond donors (Lipinski definition) is 1. The van der Waals surface area contributed by atoms with Gasteiger partial charge in [-0.15, -0.1) is 0 Å². The molecule has 1 atom stereocenters. The van der Waals surface area contributed by atoms with Crippen molar-refractivity contribution in [1.29, 1.82) is 0 Å². The van der Waals surface area contributed by atoms with Crippen LogP contribution in [0, 0.1) is 5.92 Å². The molecule has 7 nitrogen and oxygen atoms in total. The van der Waals surface area contributed by atoms with Gasteiger partial charge in [-0.2, -0.15) is 0 Å². The van der Waals surface area contributed by atoms with Crippen LogP contribution in [0.25, 0.3) is 0 Å². The molecule has 27 heavy (non-hydrogen) atoms. The Hall–Kier alpha value is -1.28. The van der Waals surface area contributed by atoms with Crippen LogP contribution in [0.15, 0.2) is 24.3 Å².